The van der Waals surface area contributed by atoms with Gasteiger partial charge in [0.15, 0.2) is 0 Å². The van der Waals surface area contributed by atoms with E-state index in [0.29, 0.717) is 6.61 Å². The summed E-state index contributed by atoms with van der Waals surface area (Å²) in [5, 5.41) is 11.3. The minimum atomic E-state index is -1.11. The lowest BCUT2D eigenvalue weighted by molar-refractivity contribution is -0.146. The summed E-state index contributed by atoms with van der Waals surface area (Å²) in [6.45, 7) is 3.77. The number of amides is 1. The predicted molar refractivity (Wildman–Crippen MR) is 55.5 cm³/mol. The van der Waals surface area contributed by atoms with E-state index in [0.717, 1.165) is 12.8 Å². The molecule has 5 heteroatoms. The Morgan fingerprint density at radius 1 is 1.47 bits per heavy atom. The van der Waals surface area contributed by atoms with E-state index in [1.165, 1.54) is 6.92 Å². The number of methoxy groups -OCH3 is 1. The van der Waals surface area contributed by atoms with Crippen LogP contribution in [0, 0.1) is 5.92 Å². The first-order valence-electron chi connectivity index (χ1n) is 5.05. The van der Waals surface area contributed by atoms with Crippen molar-refractivity contribution in [1.29, 1.82) is 0 Å². The monoisotopic (exact) mass is 217 g/mol. The molecule has 0 aromatic rings. The van der Waals surface area contributed by atoms with Gasteiger partial charge >= 0.3 is 5.97 Å². The number of rotatable bonds is 7. The highest BCUT2D eigenvalue weighted by Crippen LogP contribution is 2.01. The van der Waals surface area contributed by atoms with Gasteiger partial charge in [-0.15, -0.1) is 0 Å². The summed E-state index contributed by atoms with van der Waals surface area (Å²) < 4.78 is 4.94. The second-order valence-corrected chi connectivity index (χ2v) is 3.51. The van der Waals surface area contributed by atoms with Gasteiger partial charge in [-0.2, -0.15) is 0 Å². The standard InChI is InChI=1S/C10H19NO4/c1-4-5-8(6-15-3)11-9(12)7(2)10(13)14/h7-8H,4-6H2,1-3H3,(H,11,12)(H,13,14). The van der Waals surface area contributed by atoms with Crippen molar-refractivity contribution < 1.29 is 19.4 Å². The first-order valence-corrected chi connectivity index (χ1v) is 5.05. The zero-order valence-electron chi connectivity index (χ0n) is 9.45. The molecule has 0 rings (SSSR count). The van der Waals surface area contributed by atoms with Gasteiger partial charge in [0.2, 0.25) is 5.91 Å². The molecule has 0 bridgehead atoms. The van der Waals surface area contributed by atoms with Crippen molar-refractivity contribution in [3.8, 4) is 0 Å². The van der Waals surface area contributed by atoms with E-state index in [9.17, 15) is 9.59 Å². The van der Waals surface area contributed by atoms with Crippen molar-refractivity contribution in [3.05, 3.63) is 0 Å². The Morgan fingerprint density at radius 3 is 2.47 bits per heavy atom. The fourth-order valence-corrected chi connectivity index (χ4v) is 1.19. The summed E-state index contributed by atoms with van der Waals surface area (Å²) in [6, 6.07) is -0.103. The van der Waals surface area contributed by atoms with Crippen molar-refractivity contribution >= 4 is 11.9 Å². The Balaban J connectivity index is 4.14. The van der Waals surface area contributed by atoms with Crippen molar-refractivity contribution in [3.63, 3.8) is 0 Å². The zero-order chi connectivity index (χ0) is 11.8. The number of carbonyl (C=O) groups excluding carboxylic acids is 1. The van der Waals surface area contributed by atoms with Crippen LogP contribution < -0.4 is 5.32 Å². The Bertz CT molecular complexity index is 211. The molecule has 88 valence electrons. The summed E-state index contributed by atoms with van der Waals surface area (Å²) in [6.07, 6.45) is 1.70. The van der Waals surface area contributed by atoms with Crippen LogP contribution in [0.3, 0.4) is 0 Å². The smallest absolute Gasteiger partial charge is 0.315 e. The number of aliphatic carboxylic acids is 1. The zero-order valence-corrected chi connectivity index (χ0v) is 9.45. The Labute approximate surface area is 89.8 Å². The highest BCUT2D eigenvalue weighted by molar-refractivity contribution is 5.96. The molecule has 0 saturated heterocycles. The summed E-state index contributed by atoms with van der Waals surface area (Å²) in [5.41, 5.74) is 0. The van der Waals surface area contributed by atoms with E-state index in [2.05, 4.69) is 5.32 Å². The van der Waals surface area contributed by atoms with Crippen molar-refractivity contribution in [2.45, 2.75) is 32.7 Å². The topological polar surface area (TPSA) is 75.6 Å². The Morgan fingerprint density at radius 2 is 2.07 bits per heavy atom. The minimum Gasteiger partial charge on any atom is -0.481 e. The molecule has 0 aromatic carbocycles. The predicted octanol–water partition coefficient (Wildman–Crippen LogP) is 0.638. The van der Waals surface area contributed by atoms with Gasteiger partial charge < -0.3 is 15.2 Å². The number of carboxylic acids is 1. The van der Waals surface area contributed by atoms with Crippen molar-refractivity contribution in [2.24, 2.45) is 5.92 Å². The third kappa shape index (κ3) is 5.37. The number of carbonyl (C=O) groups is 2. The molecule has 0 aliphatic heterocycles. The van der Waals surface area contributed by atoms with Crippen LogP contribution in [0.5, 0.6) is 0 Å². The maximum Gasteiger partial charge on any atom is 0.315 e. The summed E-state index contributed by atoms with van der Waals surface area (Å²) in [7, 11) is 1.55. The first-order chi connectivity index (χ1) is 7.02. The number of hydrogen-bond acceptors (Lipinski definition) is 3. The Hall–Kier alpha value is -1.10. The fraction of sp³-hybridized carbons (Fsp3) is 0.800. The van der Waals surface area contributed by atoms with Gasteiger partial charge in [-0.3, -0.25) is 9.59 Å². The summed E-state index contributed by atoms with van der Waals surface area (Å²) in [5.74, 6) is -2.58. The third-order valence-corrected chi connectivity index (χ3v) is 2.12. The van der Waals surface area contributed by atoms with Crippen LogP contribution in [-0.2, 0) is 14.3 Å². The van der Waals surface area contributed by atoms with Crippen LogP contribution in [0.4, 0.5) is 0 Å². The van der Waals surface area contributed by atoms with Gasteiger partial charge in [0, 0.05) is 7.11 Å². The lowest BCUT2D eigenvalue weighted by Gasteiger charge is -2.18. The number of hydrogen-bond donors (Lipinski definition) is 2. The van der Waals surface area contributed by atoms with E-state index < -0.39 is 17.8 Å². The molecular formula is C10H19NO4. The van der Waals surface area contributed by atoms with E-state index in [4.69, 9.17) is 9.84 Å². The van der Waals surface area contributed by atoms with Crippen molar-refractivity contribution in [1.82, 2.24) is 5.32 Å². The average Bonchev–Trinajstić information content (AvgIpc) is 2.17. The molecular weight excluding hydrogens is 198 g/mol. The maximum absolute atomic E-state index is 11.4. The molecule has 0 radical (unpaired) electrons. The van der Waals surface area contributed by atoms with Gasteiger partial charge in [0.25, 0.3) is 0 Å². The van der Waals surface area contributed by atoms with Crippen LogP contribution in [0.15, 0.2) is 0 Å². The second-order valence-electron chi connectivity index (χ2n) is 3.51. The molecule has 0 aliphatic carbocycles. The van der Waals surface area contributed by atoms with Crippen molar-refractivity contribution in [2.75, 3.05) is 13.7 Å². The summed E-state index contributed by atoms with van der Waals surface area (Å²) >= 11 is 0. The second kappa shape index (κ2) is 7.23. The molecule has 0 aromatic heterocycles. The van der Waals surface area contributed by atoms with E-state index in [1.807, 2.05) is 6.92 Å². The van der Waals surface area contributed by atoms with Gasteiger partial charge in [0.1, 0.15) is 5.92 Å². The number of nitrogens with one attached hydrogen (secondary N) is 1. The maximum atomic E-state index is 11.4. The van der Waals surface area contributed by atoms with E-state index >= 15 is 0 Å². The van der Waals surface area contributed by atoms with Crippen LogP contribution in [0.25, 0.3) is 0 Å². The molecule has 0 aliphatic rings. The van der Waals surface area contributed by atoms with Gasteiger partial charge in [-0.25, -0.2) is 0 Å². The lowest BCUT2D eigenvalue weighted by Crippen LogP contribution is -2.42. The van der Waals surface area contributed by atoms with Gasteiger partial charge in [-0.1, -0.05) is 13.3 Å². The third-order valence-electron chi connectivity index (χ3n) is 2.12. The first kappa shape index (κ1) is 13.9. The number of ether oxygens (including phenoxy) is 1. The highest BCUT2D eigenvalue weighted by atomic mass is 16.5. The minimum absolute atomic E-state index is 0.103. The highest BCUT2D eigenvalue weighted by Gasteiger charge is 2.22. The fourth-order valence-electron chi connectivity index (χ4n) is 1.19. The molecule has 1 amide bonds. The van der Waals surface area contributed by atoms with E-state index in [-0.39, 0.29) is 6.04 Å². The average molecular weight is 217 g/mol. The molecule has 2 atom stereocenters. The largest absolute Gasteiger partial charge is 0.481 e. The summed E-state index contributed by atoms with van der Waals surface area (Å²) in [4.78, 5) is 21.9. The molecule has 0 fully saturated rings. The van der Waals surface area contributed by atoms with Crippen LogP contribution in [0.2, 0.25) is 0 Å². The van der Waals surface area contributed by atoms with Crippen LogP contribution >= 0.6 is 0 Å². The molecule has 0 heterocycles. The quantitative estimate of drug-likeness (QED) is 0.613. The van der Waals surface area contributed by atoms with Crippen LogP contribution in [-0.4, -0.2) is 36.7 Å². The molecule has 0 spiro atoms. The molecule has 15 heavy (non-hydrogen) atoms. The normalized spacial score (nSPS) is 14.3. The Kier molecular flexibility index (Phi) is 6.70. The molecule has 0 saturated carbocycles. The van der Waals surface area contributed by atoms with Gasteiger partial charge in [-0.05, 0) is 13.3 Å². The SMILES string of the molecule is CCCC(COC)NC(=O)C(C)C(=O)O. The van der Waals surface area contributed by atoms with E-state index in [1.54, 1.807) is 7.11 Å². The molecule has 2 N–H and O–H groups in total. The lowest BCUT2D eigenvalue weighted by atomic mass is 10.1. The van der Waals surface area contributed by atoms with Crippen LogP contribution in [0.1, 0.15) is 26.7 Å². The molecule has 2 unspecified atom stereocenters. The number of carboxylic acid groups (broad SMARTS) is 1. The van der Waals surface area contributed by atoms with Gasteiger partial charge in [0.05, 0.1) is 12.6 Å². The molecule has 5 nitrogen and oxygen atoms in total.